The summed E-state index contributed by atoms with van der Waals surface area (Å²) in [6.45, 7) is 4.44. The minimum Gasteiger partial charge on any atom is -0.454 e. The molecular formula is C27H27ClN2O4. The van der Waals surface area contributed by atoms with Gasteiger partial charge in [0.15, 0.2) is 11.5 Å². The molecule has 0 unspecified atom stereocenters. The van der Waals surface area contributed by atoms with Crippen LogP contribution in [0.1, 0.15) is 36.6 Å². The topological polar surface area (TPSA) is 67.9 Å². The van der Waals surface area contributed by atoms with Gasteiger partial charge in [-0.15, -0.1) is 0 Å². The molecule has 34 heavy (non-hydrogen) atoms. The van der Waals surface area contributed by atoms with E-state index in [1.807, 2.05) is 74.5 Å². The van der Waals surface area contributed by atoms with E-state index in [9.17, 15) is 9.59 Å². The van der Waals surface area contributed by atoms with Crippen LogP contribution in [-0.4, -0.2) is 23.5 Å². The summed E-state index contributed by atoms with van der Waals surface area (Å²) in [7, 11) is 0. The molecule has 1 N–H and O–H groups in total. The van der Waals surface area contributed by atoms with Gasteiger partial charge in [0, 0.05) is 24.0 Å². The molecule has 0 bridgehead atoms. The van der Waals surface area contributed by atoms with E-state index in [4.69, 9.17) is 21.1 Å². The van der Waals surface area contributed by atoms with E-state index in [2.05, 4.69) is 5.32 Å². The fourth-order valence-electron chi connectivity index (χ4n) is 3.86. The van der Waals surface area contributed by atoms with E-state index in [1.54, 1.807) is 17.0 Å². The number of benzene rings is 3. The predicted molar refractivity (Wildman–Crippen MR) is 130 cm³/mol. The van der Waals surface area contributed by atoms with Crippen LogP contribution in [0.5, 0.6) is 11.5 Å². The number of rotatable bonds is 8. The number of carbonyl (C=O) groups excluding carboxylic acids is 2. The van der Waals surface area contributed by atoms with Crippen LogP contribution in [0.3, 0.4) is 0 Å². The summed E-state index contributed by atoms with van der Waals surface area (Å²) in [6, 6.07) is 21.4. The van der Waals surface area contributed by atoms with Crippen molar-refractivity contribution in [3.8, 4) is 11.5 Å². The highest BCUT2D eigenvalue weighted by Gasteiger charge is 2.32. The largest absolute Gasteiger partial charge is 0.454 e. The van der Waals surface area contributed by atoms with Crippen molar-refractivity contribution in [3.63, 3.8) is 0 Å². The van der Waals surface area contributed by atoms with Crippen molar-refractivity contribution in [1.29, 1.82) is 0 Å². The Morgan fingerprint density at radius 2 is 1.62 bits per heavy atom. The van der Waals surface area contributed by atoms with Crippen LogP contribution >= 0.6 is 11.6 Å². The molecular weight excluding hydrogens is 452 g/mol. The SMILES string of the molecule is CC(C)C(=O)N(Cc1ccc(Cl)cc1)[C@H](C(=O)NCc1ccc2c(c1)OCO2)c1ccccc1. The van der Waals surface area contributed by atoms with Gasteiger partial charge in [-0.1, -0.05) is 74.0 Å². The Balaban J connectivity index is 1.61. The zero-order valence-corrected chi connectivity index (χ0v) is 19.9. The molecule has 0 saturated carbocycles. The Hall–Kier alpha value is -3.51. The van der Waals surface area contributed by atoms with Crippen LogP contribution < -0.4 is 14.8 Å². The molecule has 0 saturated heterocycles. The zero-order valence-electron chi connectivity index (χ0n) is 19.2. The third kappa shape index (κ3) is 5.51. The highest BCUT2D eigenvalue weighted by Crippen LogP contribution is 2.32. The van der Waals surface area contributed by atoms with Gasteiger partial charge in [0.2, 0.25) is 18.6 Å². The lowest BCUT2D eigenvalue weighted by Crippen LogP contribution is -2.44. The predicted octanol–water partition coefficient (Wildman–Crippen LogP) is 5.11. The number of hydrogen-bond donors (Lipinski definition) is 1. The number of ether oxygens (including phenoxy) is 2. The van der Waals surface area contributed by atoms with Gasteiger partial charge < -0.3 is 19.7 Å². The van der Waals surface area contributed by atoms with Crippen LogP contribution in [0.25, 0.3) is 0 Å². The van der Waals surface area contributed by atoms with Crippen molar-refractivity contribution in [2.75, 3.05) is 6.79 Å². The van der Waals surface area contributed by atoms with Crippen LogP contribution in [0.15, 0.2) is 72.8 Å². The van der Waals surface area contributed by atoms with Crippen LogP contribution in [0, 0.1) is 5.92 Å². The standard InChI is InChI=1S/C27H27ClN2O4/c1-18(2)27(32)30(16-19-8-11-22(28)12-9-19)25(21-6-4-3-5-7-21)26(31)29-15-20-10-13-23-24(14-20)34-17-33-23/h3-14,18,25H,15-17H2,1-2H3,(H,29,31)/t25-/m0/s1. The van der Waals surface area contributed by atoms with Gasteiger partial charge in [0.05, 0.1) is 0 Å². The summed E-state index contributed by atoms with van der Waals surface area (Å²) in [5, 5.41) is 3.62. The van der Waals surface area contributed by atoms with E-state index in [-0.39, 0.29) is 31.1 Å². The van der Waals surface area contributed by atoms with Gasteiger partial charge in [-0.2, -0.15) is 0 Å². The summed E-state index contributed by atoms with van der Waals surface area (Å²) in [6.07, 6.45) is 0. The first-order valence-electron chi connectivity index (χ1n) is 11.2. The maximum atomic E-state index is 13.6. The van der Waals surface area contributed by atoms with E-state index in [1.165, 1.54) is 0 Å². The number of halogens is 1. The third-order valence-electron chi connectivity index (χ3n) is 5.62. The van der Waals surface area contributed by atoms with Gasteiger partial charge in [-0.3, -0.25) is 9.59 Å². The molecule has 0 spiro atoms. The Bertz CT molecular complexity index is 1150. The van der Waals surface area contributed by atoms with Crippen molar-refractivity contribution in [2.24, 2.45) is 5.92 Å². The molecule has 0 fully saturated rings. The van der Waals surface area contributed by atoms with E-state index >= 15 is 0 Å². The Kier molecular flexibility index (Phi) is 7.38. The van der Waals surface area contributed by atoms with Gasteiger partial charge in [-0.25, -0.2) is 0 Å². The van der Waals surface area contributed by atoms with E-state index < -0.39 is 6.04 Å². The second kappa shape index (κ2) is 10.6. The Morgan fingerprint density at radius 1 is 0.941 bits per heavy atom. The highest BCUT2D eigenvalue weighted by molar-refractivity contribution is 6.30. The van der Waals surface area contributed by atoms with E-state index in [0.29, 0.717) is 23.1 Å². The minimum atomic E-state index is -0.791. The number of hydrogen-bond acceptors (Lipinski definition) is 4. The molecule has 1 aliphatic heterocycles. The van der Waals surface area contributed by atoms with Gasteiger partial charge >= 0.3 is 0 Å². The number of amides is 2. The zero-order chi connectivity index (χ0) is 24.1. The lowest BCUT2D eigenvalue weighted by Gasteiger charge is -2.33. The second-order valence-electron chi connectivity index (χ2n) is 8.47. The lowest BCUT2D eigenvalue weighted by molar-refractivity contribution is -0.144. The van der Waals surface area contributed by atoms with Crippen LogP contribution in [0.2, 0.25) is 5.02 Å². The molecule has 6 nitrogen and oxygen atoms in total. The van der Waals surface area contributed by atoms with Crippen molar-refractivity contribution < 1.29 is 19.1 Å². The van der Waals surface area contributed by atoms with Crippen LogP contribution in [0.4, 0.5) is 0 Å². The van der Waals surface area contributed by atoms with Crippen molar-refractivity contribution in [2.45, 2.75) is 33.0 Å². The van der Waals surface area contributed by atoms with Crippen LogP contribution in [-0.2, 0) is 22.7 Å². The van der Waals surface area contributed by atoms with E-state index in [0.717, 1.165) is 16.7 Å². The first-order chi connectivity index (χ1) is 16.4. The number of fused-ring (bicyclic) bond motifs is 1. The molecule has 0 aromatic heterocycles. The molecule has 3 aromatic rings. The normalized spacial score (nSPS) is 12.9. The average molecular weight is 479 g/mol. The maximum absolute atomic E-state index is 13.6. The van der Waals surface area contributed by atoms with Crippen molar-refractivity contribution in [1.82, 2.24) is 10.2 Å². The summed E-state index contributed by atoms with van der Waals surface area (Å²) < 4.78 is 10.8. The number of nitrogens with one attached hydrogen (secondary N) is 1. The first-order valence-corrected chi connectivity index (χ1v) is 11.6. The quantitative estimate of drug-likeness (QED) is 0.488. The monoisotopic (exact) mass is 478 g/mol. The first kappa shape index (κ1) is 23.6. The van der Waals surface area contributed by atoms with Gasteiger partial charge in [0.25, 0.3) is 0 Å². The van der Waals surface area contributed by atoms with Gasteiger partial charge in [0.1, 0.15) is 6.04 Å². The van der Waals surface area contributed by atoms with Crippen molar-refractivity contribution in [3.05, 3.63) is 94.5 Å². The molecule has 0 radical (unpaired) electrons. The number of carbonyl (C=O) groups is 2. The molecule has 3 aromatic carbocycles. The Morgan fingerprint density at radius 3 is 2.32 bits per heavy atom. The molecule has 4 rings (SSSR count). The Labute approximate surface area is 204 Å². The third-order valence-corrected chi connectivity index (χ3v) is 5.87. The lowest BCUT2D eigenvalue weighted by atomic mass is 10.0. The molecule has 0 aliphatic carbocycles. The molecule has 1 heterocycles. The highest BCUT2D eigenvalue weighted by atomic mass is 35.5. The summed E-state index contributed by atoms with van der Waals surface area (Å²) in [5.41, 5.74) is 2.51. The molecule has 176 valence electrons. The van der Waals surface area contributed by atoms with Gasteiger partial charge in [-0.05, 0) is 41.0 Å². The fraction of sp³-hybridized carbons (Fsp3) is 0.259. The molecule has 7 heteroatoms. The summed E-state index contributed by atoms with van der Waals surface area (Å²) in [5.74, 6) is 0.702. The van der Waals surface area contributed by atoms with Crippen molar-refractivity contribution >= 4 is 23.4 Å². The fourth-order valence-corrected chi connectivity index (χ4v) is 3.99. The second-order valence-corrected chi connectivity index (χ2v) is 8.90. The maximum Gasteiger partial charge on any atom is 0.247 e. The summed E-state index contributed by atoms with van der Waals surface area (Å²) in [4.78, 5) is 28.5. The molecule has 1 aliphatic rings. The smallest absolute Gasteiger partial charge is 0.247 e. The molecule has 2 amide bonds. The minimum absolute atomic E-state index is 0.109. The molecule has 1 atom stereocenters. The number of nitrogens with zero attached hydrogens (tertiary/aromatic N) is 1. The summed E-state index contributed by atoms with van der Waals surface area (Å²) >= 11 is 6.04. The average Bonchev–Trinajstić information content (AvgIpc) is 3.32.